The minimum absolute atomic E-state index is 0.445. The molecule has 2 N–H and O–H groups in total. The first-order valence-electron chi connectivity index (χ1n) is 6.64. The van der Waals surface area contributed by atoms with Crippen molar-refractivity contribution in [2.75, 3.05) is 11.9 Å². The Kier molecular flexibility index (Phi) is 4.40. The lowest BCUT2D eigenvalue weighted by Crippen LogP contribution is -2.17. The van der Waals surface area contributed by atoms with Gasteiger partial charge in [-0.05, 0) is 48.7 Å². The molecule has 2 nitrogen and oxygen atoms in total. The second kappa shape index (κ2) is 6.06. The molecule has 0 aliphatic rings. The number of hydrogen-bond acceptors (Lipinski definition) is 2. The zero-order valence-electron chi connectivity index (χ0n) is 12.2. The molecule has 0 bridgehead atoms. The minimum Gasteiger partial charge on any atom is -0.389 e. The van der Waals surface area contributed by atoms with Gasteiger partial charge in [0.15, 0.2) is 0 Å². The molecule has 0 heterocycles. The number of hydrogen-bond donors (Lipinski definition) is 1. The van der Waals surface area contributed by atoms with Gasteiger partial charge in [0.05, 0.1) is 0 Å². The third-order valence-electron chi connectivity index (χ3n) is 3.28. The fourth-order valence-corrected chi connectivity index (χ4v) is 2.49. The average molecular weight is 284 g/mol. The van der Waals surface area contributed by atoms with Crippen LogP contribution in [-0.2, 0) is 6.54 Å². The summed E-state index contributed by atoms with van der Waals surface area (Å²) in [5, 5.41) is 0. The maximum Gasteiger partial charge on any atom is 0.103 e. The van der Waals surface area contributed by atoms with Crippen molar-refractivity contribution in [1.29, 1.82) is 0 Å². The van der Waals surface area contributed by atoms with Crippen LogP contribution in [0.5, 0.6) is 0 Å². The van der Waals surface area contributed by atoms with Crippen LogP contribution in [-0.4, -0.2) is 12.0 Å². The van der Waals surface area contributed by atoms with E-state index >= 15 is 0 Å². The molecule has 0 aliphatic carbocycles. The first-order chi connectivity index (χ1) is 9.45. The van der Waals surface area contributed by atoms with Gasteiger partial charge in [0, 0.05) is 24.8 Å². The van der Waals surface area contributed by atoms with Crippen molar-refractivity contribution in [3.63, 3.8) is 0 Å². The van der Waals surface area contributed by atoms with Crippen molar-refractivity contribution in [2.45, 2.75) is 20.4 Å². The van der Waals surface area contributed by atoms with Crippen molar-refractivity contribution in [1.82, 2.24) is 0 Å². The highest BCUT2D eigenvalue weighted by atomic mass is 32.1. The number of nitrogens with zero attached hydrogens (tertiary/aromatic N) is 1. The summed E-state index contributed by atoms with van der Waals surface area (Å²) in [5.74, 6) is 0. The Balaban J connectivity index is 2.20. The van der Waals surface area contributed by atoms with Crippen LogP contribution in [0.15, 0.2) is 42.5 Å². The van der Waals surface area contributed by atoms with E-state index in [0.717, 1.165) is 12.1 Å². The van der Waals surface area contributed by atoms with Gasteiger partial charge in [-0.25, -0.2) is 0 Å². The molecule has 3 heteroatoms. The Morgan fingerprint density at radius 3 is 2.35 bits per heavy atom. The van der Waals surface area contributed by atoms with Crippen LogP contribution in [0, 0.1) is 13.8 Å². The van der Waals surface area contributed by atoms with Gasteiger partial charge >= 0.3 is 0 Å². The lowest BCUT2D eigenvalue weighted by atomic mass is 10.1. The van der Waals surface area contributed by atoms with Gasteiger partial charge in [0.1, 0.15) is 4.99 Å². The Labute approximate surface area is 126 Å². The quantitative estimate of drug-likeness (QED) is 0.870. The molecule has 0 aromatic heterocycles. The topological polar surface area (TPSA) is 29.3 Å². The summed E-state index contributed by atoms with van der Waals surface area (Å²) in [6.07, 6.45) is 0. The van der Waals surface area contributed by atoms with Crippen LogP contribution in [0.1, 0.15) is 22.3 Å². The van der Waals surface area contributed by atoms with Gasteiger partial charge in [0.2, 0.25) is 0 Å². The Bertz CT molecular complexity index is 614. The van der Waals surface area contributed by atoms with E-state index in [1.807, 2.05) is 12.1 Å². The Morgan fingerprint density at radius 1 is 1.10 bits per heavy atom. The third-order valence-corrected chi connectivity index (χ3v) is 3.51. The molecule has 20 heavy (non-hydrogen) atoms. The number of anilines is 1. The van der Waals surface area contributed by atoms with Crippen LogP contribution >= 0.6 is 12.2 Å². The van der Waals surface area contributed by atoms with E-state index < -0.39 is 0 Å². The fraction of sp³-hybridized carbons (Fsp3) is 0.235. The smallest absolute Gasteiger partial charge is 0.103 e. The van der Waals surface area contributed by atoms with Gasteiger partial charge < -0.3 is 10.6 Å². The Morgan fingerprint density at radius 2 is 1.75 bits per heavy atom. The predicted octanol–water partition coefficient (Wildman–Crippen LogP) is 3.57. The fourth-order valence-electron chi connectivity index (χ4n) is 2.36. The van der Waals surface area contributed by atoms with Crippen molar-refractivity contribution >= 4 is 22.9 Å². The molecule has 2 aromatic carbocycles. The molecule has 0 aliphatic heterocycles. The summed E-state index contributed by atoms with van der Waals surface area (Å²) < 4.78 is 0. The van der Waals surface area contributed by atoms with E-state index in [1.54, 1.807) is 0 Å². The van der Waals surface area contributed by atoms with Gasteiger partial charge in [-0.1, -0.05) is 36.5 Å². The molecule has 2 rings (SSSR count). The molecule has 0 saturated heterocycles. The zero-order chi connectivity index (χ0) is 14.7. The second-order valence-corrected chi connectivity index (χ2v) is 5.71. The molecule has 0 fully saturated rings. The highest BCUT2D eigenvalue weighted by molar-refractivity contribution is 7.80. The highest BCUT2D eigenvalue weighted by Gasteiger charge is 2.05. The Hall–Kier alpha value is -1.87. The monoisotopic (exact) mass is 284 g/mol. The summed E-state index contributed by atoms with van der Waals surface area (Å²) in [7, 11) is 2.10. The van der Waals surface area contributed by atoms with Crippen LogP contribution in [0.4, 0.5) is 5.69 Å². The van der Waals surface area contributed by atoms with E-state index in [0.29, 0.717) is 4.99 Å². The van der Waals surface area contributed by atoms with Crippen LogP contribution < -0.4 is 10.6 Å². The number of benzene rings is 2. The SMILES string of the molecule is Cc1cc(C)cc(N(C)Cc2cccc(C(N)=S)c2)c1. The molecular formula is C17H20N2S. The van der Waals surface area contributed by atoms with E-state index in [-0.39, 0.29) is 0 Å². The van der Waals surface area contributed by atoms with Crippen molar-refractivity contribution < 1.29 is 0 Å². The third kappa shape index (κ3) is 3.58. The number of aryl methyl sites for hydroxylation is 2. The molecule has 0 atom stereocenters. The highest BCUT2D eigenvalue weighted by Crippen LogP contribution is 2.19. The zero-order valence-corrected chi connectivity index (χ0v) is 13.0. The first kappa shape index (κ1) is 14.5. The maximum absolute atomic E-state index is 5.68. The standard InChI is InChI=1S/C17H20N2S/c1-12-7-13(2)9-16(8-12)19(3)11-14-5-4-6-15(10-14)17(18)20/h4-10H,11H2,1-3H3,(H2,18,20). The molecule has 0 spiro atoms. The van der Waals surface area contributed by atoms with Crippen LogP contribution in [0.25, 0.3) is 0 Å². The van der Waals surface area contributed by atoms with E-state index in [2.05, 4.69) is 56.1 Å². The predicted molar refractivity (Wildman–Crippen MR) is 90.4 cm³/mol. The lowest BCUT2D eigenvalue weighted by molar-refractivity contribution is 0.920. The minimum atomic E-state index is 0.445. The molecular weight excluding hydrogens is 264 g/mol. The normalized spacial score (nSPS) is 10.3. The summed E-state index contributed by atoms with van der Waals surface area (Å²) in [5.41, 5.74) is 11.6. The van der Waals surface area contributed by atoms with E-state index in [4.69, 9.17) is 18.0 Å². The van der Waals surface area contributed by atoms with E-state index in [9.17, 15) is 0 Å². The van der Waals surface area contributed by atoms with Gasteiger partial charge in [0.25, 0.3) is 0 Å². The van der Waals surface area contributed by atoms with Crippen molar-refractivity contribution in [3.05, 3.63) is 64.7 Å². The van der Waals surface area contributed by atoms with Crippen LogP contribution in [0.3, 0.4) is 0 Å². The molecule has 0 unspecified atom stereocenters. The average Bonchev–Trinajstić information content (AvgIpc) is 2.37. The second-order valence-electron chi connectivity index (χ2n) is 5.27. The lowest BCUT2D eigenvalue weighted by Gasteiger charge is -2.21. The summed E-state index contributed by atoms with van der Waals surface area (Å²) in [6, 6.07) is 14.7. The molecule has 104 valence electrons. The molecule has 2 aromatic rings. The summed E-state index contributed by atoms with van der Waals surface area (Å²) >= 11 is 5.03. The summed E-state index contributed by atoms with van der Waals surface area (Å²) in [4.78, 5) is 2.68. The van der Waals surface area contributed by atoms with Crippen molar-refractivity contribution in [2.24, 2.45) is 5.73 Å². The van der Waals surface area contributed by atoms with Gasteiger partial charge in [-0.15, -0.1) is 0 Å². The molecule has 0 saturated carbocycles. The van der Waals surface area contributed by atoms with Gasteiger partial charge in [-0.3, -0.25) is 0 Å². The number of thiocarbonyl (C=S) groups is 1. The first-order valence-corrected chi connectivity index (χ1v) is 7.05. The number of rotatable bonds is 4. The summed E-state index contributed by atoms with van der Waals surface area (Å²) in [6.45, 7) is 5.08. The molecule has 0 radical (unpaired) electrons. The van der Waals surface area contributed by atoms with Crippen LogP contribution in [0.2, 0.25) is 0 Å². The largest absolute Gasteiger partial charge is 0.389 e. The molecule has 0 amide bonds. The van der Waals surface area contributed by atoms with Gasteiger partial charge in [-0.2, -0.15) is 0 Å². The van der Waals surface area contributed by atoms with Crippen molar-refractivity contribution in [3.8, 4) is 0 Å². The number of nitrogens with two attached hydrogens (primary N) is 1. The maximum atomic E-state index is 5.68. The van der Waals surface area contributed by atoms with E-state index in [1.165, 1.54) is 22.4 Å².